The van der Waals surface area contributed by atoms with Crippen LogP contribution in [0.3, 0.4) is 0 Å². The fourth-order valence-corrected chi connectivity index (χ4v) is 2.59. The molecule has 2 rings (SSSR count). The van der Waals surface area contributed by atoms with E-state index >= 15 is 0 Å². The van der Waals surface area contributed by atoms with Gasteiger partial charge in [0.1, 0.15) is 0 Å². The summed E-state index contributed by atoms with van der Waals surface area (Å²) in [5.41, 5.74) is 0.705. The summed E-state index contributed by atoms with van der Waals surface area (Å²) in [4.78, 5) is 23.2. The number of hydrogen-bond acceptors (Lipinski definition) is 3. The molecule has 1 aromatic rings. The van der Waals surface area contributed by atoms with Crippen LogP contribution in [0.4, 0.5) is 5.69 Å². The van der Waals surface area contributed by atoms with Gasteiger partial charge in [0, 0.05) is 9.26 Å². The van der Waals surface area contributed by atoms with Gasteiger partial charge in [-0.05, 0) is 59.5 Å². The molecular weight excluding hydrogens is 369 g/mol. The number of hydrogen-bond donors (Lipinski definition) is 1. The van der Waals surface area contributed by atoms with Crippen LogP contribution in [0.15, 0.2) is 36.4 Å². The third-order valence-electron chi connectivity index (χ3n) is 3.01. The Morgan fingerprint density at radius 1 is 1.40 bits per heavy atom. The third kappa shape index (κ3) is 4.96. The van der Waals surface area contributed by atoms with E-state index in [1.807, 2.05) is 24.3 Å². The average molecular weight is 385 g/mol. The van der Waals surface area contributed by atoms with Crippen LogP contribution in [0.5, 0.6) is 0 Å². The molecule has 1 aliphatic rings. The van der Waals surface area contributed by atoms with Crippen molar-refractivity contribution in [2.75, 3.05) is 11.9 Å². The van der Waals surface area contributed by atoms with E-state index in [4.69, 9.17) is 4.74 Å². The van der Waals surface area contributed by atoms with Crippen molar-refractivity contribution in [2.24, 2.45) is 5.92 Å². The largest absolute Gasteiger partial charge is 0.456 e. The van der Waals surface area contributed by atoms with Crippen molar-refractivity contribution in [1.82, 2.24) is 0 Å². The fraction of sp³-hybridized carbons (Fsp3) is 0.333. The zero-order chi connectivity index (χ0) is 14.4. The highest BCUT2D eigenvalue weighted by molar-refractivity contribution is 14.1. The van der Waals surface area contributed by atoms with E-state index in [1.165, 1.54) is 0 Å². The second-order valence-electron chi connectivity index (χ2n) is 4.69. The van der Waals surface area contributed by atoms with E-state index in [1.54, 1.807) is 6.07 Å². The van der Waals surface area contributed by atoms with Crippen LogP contribution >= 0.6 is 22.6 Å². The quantitative estimate of drug-likeness (QED) is 0.482. The highest BCUT2D eigenvalue weighted by Gasteiger charge is 2.15. The Kier molecular flexibility index (Phi) is 5.58. The van der Waals surface area contributed by atoms with Crippen molar-refractivity contribution < 1.29 is 14.3 Å². The molecule has 0 saturated carbocycles. The standard InChI is InChI=1S/C15H16INO3/c16-12-6-3-7-13(9-12)17-14(18)10-20-15(19)8-11-4-1-2-5-11/h1,3-4,6-7,9,11H,2,5,8,10H2,(H,17,18)/t11-/m1/s1. The molecular formula is C15H16INO3. The van der Waals surface area contributed by atoms with Gasteiger partial charge in [0.15, 0.2) is 6.61 Å². The number of halogens is 1. The Bertz CT molecular complexity index is 528. The minimum absolute atomic E-state index is 0.235. The van der Waals surface area contributed by atoms with Crippen LogP contribution in [0, 0.1) is 9.49 Å². The van der Waals surface area contributed by atoms with Gasteiger partial charge in [-0.1, -0.05) is 18.2 Å². The number of anilines is 1. The molecule has 1 aliphatic carbocycles. The lowest BCUT2D eigenvalue weighted by molar-refractivity contribution is -0.147. The smallest absolute Gasteiger partial charge is 0.306 e. The first kappa shape index (κ1) is 15.0. The molecule has 4 nitrogen and oxygen atoms in total. The summed E-state index contributed by atoms with van der Waals surface area (Å²) in [6.45, 7) is -0.235. The SMILES string of the molecule is O=C(COC(=O)C[C@@H]1C=CCC1)Nc1cccc(I)c1. The number of benzene rings is 1. The number of amides is 1. The molecule has 1 aromatic carbocycles. The average Bonchev–Trinajstić information content (AvgIpc) is 2.89. The molecule has 0 heterocycles. The summed E-state index contributed by atoms with van der Waals surface area (Å²) < 4.78 is 6.01. The molecule has 0 saturated heterocycles. The molecule has 1 amide bonds. The van der Waals surface area contributed by atoms with Crippen LogP contribution in [0.1, 0.15) is 19.3 Å². The van der Waals surface area contributed by atoms with E-state index < -0.39 is 0 Å². The molecule has 0 aromatic heterocycles. The normalized spacial score (nSPS) is 16.9. The van der Waals surface area contributed by atoms with Gasteiger partial charge in [-0.15, -0.1) is 0 Å². The van der Waals surface area contributed by atoms with Crippen molar-refractivity contribution in [3.8, 4) is 0 Å². The van der Waals surface area contributed by atoms with Crippen LogP contribution in [-0.2, 0) is 14.3 Å². The first-order valence-electron chi connectivity index (χ1n) is 6.51. The van der Waals surface area contributed by atoms with E-state index in [2.05, 4.69) is 34.0 Å². The Hall–Kier alpha value is -1.37. The molecule has 20 heavy (non-hydrogen) atoms. The first-order chi connectivity index (χ1) is 9.63. The minimum Gasteiger partial charge on any atom is -0.456 e. The lowest BCUT2D eigenvalue weighted by atomic mass is 10.1. The van der Waals surface area contributed by atoms with Crippen molar-refractivity contribution in [3.63, 3.8) is 0 Å². The van der Waals surface area contributed by atoms with Crippen LogP contribution in [0.25, 0.3) is 0 Å². The van der Waals surface area contributed by atoms with E-state index in [0.717, 1.165) is 16.4 Å². The Morgan fingerprint density at radius 2 is 2.25 bits per heavy atom. The van der Waals surface area contributed by atoms with Gasteiger partial charge >= 0.3 is 5.97 Å². The predicted molar refractivity (Wildman–Crippen MR) is 85.2 cm³/mol. The molecule has 0 radical (unpaired) electrons. The summed E-state index contributed by atoms with van der Waals surface area (Å²) >= 11 is 2.17. The zero-order valence-electron chi connectivity index (χ0n) is 11.0. The summed E-state index contributed by atoms with van der Waals surface area (Å²) in [6, 6.07) is 7.44. The number of carbonyl (C=O) groups is 2. The molecule has 1 N–H and O–H groups in total. The van der Waals surface area contributed by atoms with Gasteiger partial charge < -0.3 is 10.1 Å². The van der Waals surface area contributed by atoms with Crippen LogP contribution in [0.2, 0.25) is 0 Å². The third-order valence-corrected chi connectivity index (χ3v) is 3.68. The number of rotatable bonds is 5. The van der Waals surface area contributed by atoms with Gasteiger partial charge in [0.25, 0.3) is 5.91 Å². The molecule has 0 bridgehead atoms. The maximum atomic E-state index is 11.7. The van der Waals surface area contributed by atoms with Crippen molar-refractivity contribution in [3.05, 3.63) is 40.0 Å². The fourth-order valence-electron chi connectivity index (χ4n) is 2.05. The van der Waals surface area contributed by atoms with Gasteiger partial charge in [-0.2, -0.15) is 0 Å². The number of carbonyl (C=O) groups excluding carboxylic acids is 2. The number of nitrogens with one attached hydrogen (secondary N) is 1. The van der Waals surface area contributed by atoms with Crippen LogP contribution < -0.4 is 5.32 Å². The molecule has 0 aliphatic heterocycles. The summed E-state index contributed by atoms with van der Waals surface area (Å²) in [5, 5.41) is 2.70. The van der Waals surface area contributed by atoms with Gasteiger partial charge in [0.2, 0.25) is 0 Å². The highest BCUT2D eigenvalue weighted by atomic mass is 127. The van der Waals surface area contributed by atoms with Crippen LogP contribution in [-0.4, -0.2) is 18.5 Å². The Morgan fingerprint density at radius 3 is 2.95 bits per heavy atom. The molecule has 0 fully saturated rings. The number of ether oxygens (including phenoxy) is 1. The van der Waals surface area contributed by atoms with Gasteiger partial charge in [-0.25, -0.2) is 0 Å². The summed E-state index contributed by atoms with van der Waals surface area (Å²) in [5.74, 6) is -0.372. The Balaban J connectivity index is 1.71. The van der Waals surface area contributed by atoms with Crippen molar-refractivity contribution >= 4 is 40.2 Å². The highest BCUT2D eigenvalue weighted by Crippen LogP contribution is 2.20. The number of esters is 1. The summed E-state index contributed by atoms with van der Waals surface area (Å²) in [7, 11) is 0. The molecule has 0 unspecified atom stereocenters. The zero-order valence-corrected chi connectivity index (χ0v) is 13.1. The van der Waals surface area contributed by atoms with Gasteiger partial charge in [0.05, 0.1) is 6.42 Å². The molecule has 5 heteroatoms. The van der Waals surface area contributed by atoms with E-state index in [0.29, 0.717) is 12.1 Å². The van der Waals surface area contributed by atoms with E-state index in [9.17, 15) is 9.59 Å². The second-order valence-corrected chi connectivity index (χ2v) is 5.93. The van der Waals surface area contributed by atoms with Crippen molar-refractivity contribution in [2.45, 2.75) is 19.3 Å². The maximum Gasteiger partial charge on any atom is 0.306 e. The summed E-state index contributed by atoms with van der Waals surface area (Å²) in [6.07, 6.45) is 6.47. The maximum absolute atomic E-state index is 11.7. The molecule has 0 spiro atoms. The second kappa shape index (κ2) is 7.42. The molecule has 1 atom stereocenters. The predicted octanol–water partition coefficient (Wildman–Crippen LogP) is 3.13. The van der Waals surface area contributed by atoms with E-state index in [-0.39, 0.29) is 24.4 Å². The topological polar surface area (TPSA) is 55.4 Å². The first-order valence-corrected chi connectivity index (χ1v) is 7.59. The molecule has 106 valence electrons. The van der Waals surface area contributed by atoms with Gasteiger partial charge in [-0.3, -0.25) is 9.59 Å². The monoisotopic (exact) mass is 385 g/mol. The van der Waals surface area contributed by atoms with Crippen molar-refractivity contribution in [1.29, 1.82) is 0 Å². The minimum atomic E-state index is -0.320. The number of allylic oxidation sites excluding steroid dienone is 2. The lowest BCUT2D eigenvalue weighted by Gasteiger charge is -2.09. The Labute approximate surface area is 131 Å². The lowest BCUT2D eigenvalue weighted by Crippen LogP contribution is -2.21.